The maximum atomic E-state index is 11.6. The van der Waals surface area contributed by atoms with Crippen molar-refractivity contribution in [1.29, 1.82) is 0 Å². The molecule has 1 unspecified atom stereocenters. The average Bonchev–Trinajstić information content (AvgIpc) is 3.10. The number of nitrogens with zero attached hydrogens (tertiary/aromatic N) is 2. The maximum Gasteiger partial charge on any atom is 0.271 e. The quantitative estimate of drug-likeness (QED) is 0.873. The number of carbonyl (C=O) groups is 1. The molecule has 1 amide bonds. The van der Waals surface area contributed by atoms with Gasteiger partial charge in [0.1, 0.15) is 0 Å². The predicted molar refractivity (Wildman–Crippen MR) is 61.3 cm³/mol. The molecule has 0 aliphatic heterocycles. The normalized spacial score (nSPS) is 16.9. The molecule has 1 N–H and O–H groups in total. The van der Waals surface area contributed by atoms with Crippen LogP contribution in [0.2, 0.25) is 5.15 Å². The Morgan fingerprint density at radius 2 is 2.31 bits per heavy atom. The molecule has 1 aliphatic rings. The summed E-state index contributed by atoms with van der Waals surface area (Å²) in [5.41, 5.74) is 0.312. The van der Waals surface area contributed by atoms with Crippen LogP contribution < -0.4 is 5.32 Å². The van der Waals surface area contributed by atoms with Gasteiger partial charge in [-0.25, -0.2) is 0 Å². The third-order valence-corrected chi connectivity index (χ3v) is 3.08. The molecule has 0 radical (unpaired) electrons. The highest BCUT2D eigenvalue weighted by atomic mass is 35.5. The Labute approximate surface area is 99.4 Å². The van der Waals surface area contributed by atoms with Crippen LogP contribution in [0.4, 0.5) is 0 Å². The van der Waals surface area contributed by atoms with E-state index in [1.54, 1.807) is 12.1 Å². The van der Waals surface area contributed by atoms with Crippen LogP contribution in [0.15, 0.2) is 12.1 Å². The number of hydrogen-bond acceptors (Lipinski definition) is 3. The monoisotopic (exact) mass is 239 g/mol. The Kier molecular flexibility index (Phi) is 3.39. The third-order valence-electron chi connectivity index (χ3n) is 2.88. The SMILES string of the molecule is CC(CNC(=O)c1ccc(Cl)nn1)C1CC1. The molecule has 86 valence electrons. The number of hydrogen-bond donors (Lipinski definition) is 1. The summed E-state index contributed by atoms with van der Waals surface area (Å²) in [5, 5.41) is 10.5. The van der Waals surface area contributed by atoms with Crippen LogP contribution in [0.1, 0.15) is 30.3 Å². The molecule has 1 aromatic rings. The fraction of sp³-hybridized carbons (Fsp3) is 0.545. The summed E-state index contributed by atoms with van der Waals surface area (Å²) in [7, 11) is 0. The molecule has 0 spiro atoms. The minimum absolute atomic E-state index is 0.184. The molecule has 1 fully saturated rings. The zero-order valence-corrected chi connectivity index (χ0v) is 9.87. The lowest BCUT2D eigenvalue weighted by Gasteiger charge is -2.10. The van der Waals surface area contributed by atoms with E-state index in [9.17, 15) is 4.79 Å². The van der Waals surface area contributed by atoms with Crippen LogP contribution in [0, 0.1) is 11.8 Å². The van der Waals surface area contributed by atoms with Gasteiger partial charge < -0.3 is 5.32 Å². The van der Waals surface area contributed by atoms with Gasteiger partial charge in [0.25, 0.3) is 5.91 Å². The number of rotatable bonds is 4. The summed E-state index contributed by atoms with van der Waals surface area (Å²) in [5.74, 6) is 1.15. The lowest BCUT2D eigenvalue weighted by molar-refractivity contribution is 0.0940. The maximum absolute atomic E-state index is 11.6. The molecule has 16 heavy (non-hydrogen) atoms. The molecule has 5 heteroatoms. The van der Waals surface area contributed by atoms with Crippen LogP contribution >= 0.6 is 11.6 Å². The van der Waals surface area contributed by atoms with Crippen molar-refractivity contribution in [3.05, 3.63) is 23.0 Å². The average molecular weight is 240 g/mol. The van der Waals surface area contributed by atoms with E-state index in [1.165, 1.54) is 12.8 Å². The van der Waals surface area contributed by atoms with Gasteiger partial charge in [-0.05, 0) is 36.8 Å². The van der Waals surface area contributed by atoms with Gasteiger partial charge in [0.2, 0.25) is 0 Å². The van der Waals surface area contributed by atoms with E-state index in [-0.39, 0.29) is 5.91 Å². The molecule has 4 nitrogen and oxygen atoms in total. The van der Waals surface area contributed by atoms with Gasteiger partial charge in [0.05, 0.1) is 0 Å². The second kappa shape index (κ2) is 4.78. The first-order valence-corrected chi connectivity index (χ1v) is 5.82. The van der Waals surface area contributed by atoms with Crippen LogP contribution in [-0.2, 0) is 0 Å². The zero-order valence-electron chi connectivity index (χ0n) is 9.11. The first kappa shape index (κ1) is 11.3. The summed E-state index contributed by atoms with van der Waals surface area (Å²) < 4.78 is 0. The Bertz CT molecular complexity index is 375. The Morgan fingerprint density at radius 1 is 1.56 bits per heavy atom. The Hall–Kier alpha value is -1.16. The minimum atomic E-state index is -0.184. The van der Waals surface area contributed by atoms with Crippen LogP contribution in [0.25, 0.3) is 0 Å². The van der Waals surface area contributed by atoms with Gasteiger partial charge in [0, 0.05) is 6.54 Å². The van der Waals surface area contributed by atoms with Gasteiger partial charge in [-0.1, -0.05) is 18.5 Å². The molecule has 0 aromatic carbocycles. The second-order valence-electron chi connectivity index (χ2n) is 4.27. The highest BCUT2D eigenvalue weighted by Gasteiger charge is 2.27. The van der Waals surface area contributed by atoms with E-state index in [1.807, 2.05) is 0 Å². The predicted octanol–water partition coefficient (Wildman–Crippen LogP) is 1.91. The van der Waals surface area contributed by atoms with Crippen LogP contribution in [0.3, 0.4) is 0 Å². The summed E-state index contributed by atoms with van der Waals surface area (Å²) in [6.07, 6.45) is 2.58. The Balaban J connectivity index is 1.85. The second-order valence-corrected chi connectivity index (χ2v) is 4.65. The summed E-state index contributed by atoms with van der Waals surface area (Å²) >= 11 is 5.59. The molecule has 0 bridgehead atoms. The smallest absolute Gasteiger partial charge is 0.271 e. The number of halogens is 1. The molecule has 1 heterocycles. The van der Waals surface area contributed by atoms with E-state index in [0.717, 1.165) is 5.92 Å². The first-order chi connectivity index (χ1) is 7.66. The van der Waals surface area contributed by atoms with Gasteiger partial charge in [-0.2, -0.15) is 0 Å². The topological polar surface area (TPSA) is 54.9 Å². The largest absolute Gasteiger partial charge is 0.350 e. The van der Waals surface area contributed by atoms with Crippen molar-refractivity contribution in [3.63, 3.8) is 0 Å². The van der Waals surface area contributed by atoms with Crippen molar-refractivity contribution < 1.29 is 4.79 Å². The molecular weight excluding hydrogens is 226 g/mol. The highest BCUT2D eigenvalue weighted by Crippen LogP contribution is 2.36. The standard InChI is InChI=1S/C11H14ClN3O/c1-7(8-2-3-8)6-13-11(16)9-4-5-10(12)15-14-9/h4-5,7-8H,2-3,6H2,1H3,(H,13,16). The van der Waals surface area contributed by atoms with Crippen LogP contribution in [-0.4, -0.2) is 22.6 Å². The van der Waals surface area contributed by atoms with Crippen molar-refractivity contribution in [1.82, 2.24) is 15.5 Å². The lowest BCUT2D eigenvalue weighted by atomic mass is 10.1. The highest BCUT2D eigenvalue weighted by molar-refractivity contribution is 6.29. The number of amides is 1. The molecular formula is C11H14ClN3O. The minimum Gasteiger partial charge on any atom is -0.350 e. The van der Waals surface area contributed by atoms with E-state index < -0.39 is 0 Å². The molecule has 1 aromatic heterocycles. The number of aromatic nitrogens is 2. The van der Waals surface area contributed by atoms with Crippen molar-refractivity contribution in [2.24, 2.45) is 11.8 Å². The van der Waals surface area contributed by atoms with E-state index in [0.29, 0.717) is 23.3 Å². The summed E-state index contributed by atoms with van der Waals surface area (Å²) in [6, 6.07) is 3.14. The lowest BCUT2D eigenvalue weighted by Crippen LogP contribution is -2.29. The van der Waals surface area contributed by atoms with Crippen molar-refractivity contribution in [3.8, 4) is 0 Å². The van der Waals surface area contributed by atoms with E-state index >= 15 is 0 Å². The molecule has 2 rings (SSSR count). The van der Waals surface area contributed by atoms with Crippen molar-refractivity contribution in [2.45, 2.75) is 19.8 Å². The van der Waals surface area contributed by atoms with Gasteiger partial charge in [-0.15, -0.1) is 10.2 Å². The molecule has 1 aliphatic carbocycles. The number of nitrogens with one attached hydrogen (secondary N) is 1. The third kappa shape index (κ3) is 2.92. The van der Waals surface area contributed by atoms with Gasteiger partial charge >= 0.3 is 0 Å². The first-order valence-electron chi connectivity index (χ1n) is 5.44. The molecule has 0 saturated heterocycles. The van der Waals surface area contributed by atoms with Crippen molar-refractivity contribution in [2.75, 3.05) is 6.54 Å². The van der Waals surface area contributed by atoms with Crippen molar-refractivity contribution >= 4 is 17.5 Å². The zero-order chi connectivity index (χ0) is 11.5. The fourth-order valence-electron chi connectivity index (χ4n) is 1.61. The fourth-order valence-corrected chi connectivity index (χ4v) is 1.71. The van der Waals surface area contributed by atoms with Crippen LogP contribution in [0.5, 0.6) is 0 Å². The van der Waals surface area contributed by atoms with Gasteiger partial charge in [0.15, 0.2) is 10.8 Å². The molecule has 1 atom stereocenters. The van der Waals surface area contributed by atoms with E-state index in [2.05, 4.69) is 22.4 Å². The molecule has 1 saturated carbocycles. The number of carbonyl (C=O) groups excluding carboxylic acids is 1. The van der Waals surface area contributed by atoms with Gasteiger partial charge in [-0.3, -0.25) is 4.79 Å². The van der Waals surface area contributed by atoms with E-state index in [4.69, 9.17) is 11.6 Å². The summed E-state index contributed by atoms with van der Waals surface area (Å²) in [6.45, 7) is 2.86. The Morgan fingerprint density at radius 3 is 2.88 bits per heavy atom. The summed E-state index contributed by atoms with van der Waals surface area (Å²) in [4.78, 5) is 11.6.